The van der Waals surface area contributed by atoms with Crippen LogP contribution in [0.4, 0.5) is 17.5 Å². The quantitative estimate of drug-likeness (QED) is 0.0473. The second-order valence-electron chi connectivity index (χ2n) is 24.6. The lowest BCUT2D eigenvalue weighted by Gasteiger charge is -2.31. The van der Waals surface area contributed by atoms with Gasteiger partial charge in [-0.2, -0.15) is 0 Å². The molecule has 0 radical (unpaired) electrons. The van der Waals surface area contributed by atoms with Crippen molar-refractivity contribution in [3.8, 4) is 17.6 Å². The maximum atomic E-state index is 6.53. The molecular weight excluding hydrogens is 1170 g/mol. The van der Waals surface area contributed by atoms with Crippen LogP contribution in [0, 0.1) is 20.8 Å². The number of piperidine rings is 3. The number of hydrogen-bond donors (Lipinski definition) is 7. The standard InChI is InChI=1S/C24H29N7O.C23H27N7O.C22H25N7O/c1-4-31-10-8-18(9-11-31)32-24-20-15(2)6-5-7-17(20)12-19(30-24)16(3)29-23-21-22(26-13-25-21)27-14-28-23;1-14-5-4-6-16-11-18(15(2)28-22-20-21(25-12-24-20)26-13-27-22)29-23(19(14)16)31-17-7-9-30(3)10-8-17;1-13-4-3-5-15-10-17(29-22(18(13)15)30-16-6-8-23-9-7-16)14(2)28-21-19-20(25-11-24-19)26-12-27-21/h5-7,12-14,16,18H,4,8-11H2,1-3H3,(H2,25,26,27,28,29);4-6,11-13,15,17H,7-10H2,1-3H3,(H2,24,25,26,27,28);3-5,10-12,14,16,23H,6-9H2,1-2H3,(H2,24,25,26,27,28). The molecule has 7 N–H and O–H groups in total. The highest BCUT2D eigenvalue weighted by Gasteiger charge is 2.26. The number of aromatic amines is 3. The van der Waals surface area contributed by atoms with E-state index in [0.29, 0.717) is 34.4 Å². The number of nitrogens with zero attached hydrogens (tertiary/aromatic N) is 14. The number of ether oxygens (including phenoxy) is 3. The molecule has 3 aromatic carbocycles. The van der Waals surface area contributed by atoms with Gasteiger partial charge in [-0.3, -0.25) is 0 Å². The van der Waals surface area contributed by atoms with Gasteiger partial charge < -0.3 is 60.2 Å². The van der Waals surface area contributed by atoms with Gasteiger partial charge in [-0.1, -0.05) is 61.5 Å². The van der Waals surface area contributed by atoms with Crippen molar-refractivity contribution in [3.05, 3.63) is 145 Å². The van der Waals surface area contributed by atoms with E-state index < -0.39 is 0 Å². The SMILES string of the molecule is CCN1CCC(Oc2nc(C(C)Nc3ncnc4nc[nH]c34)cc3cccc(C)c23)CC1.Cc1cccc2cc(C(C)Nc3ncnc4nc[nH]c34)nc(OC3CCN(C)CC3)c12.Cc1cccc2cc(C(C)Nc3ncnc4nc[nH]c34)nc(OC3CCNCC3)c12. The van der Waals surface area contributed by atoms with Crippen molar-refractivity contribution in [2.75, 3.05) is 68.8 Å². The zero-order chi connectivity index (χ0) is 64.0. The Morgan fingerprint density at radius 3 is 1.16 bits per heavy atom. The van der Waals surface area contributed by atoms with Crippen molar-refractivity contribution in [3.63, 3.8) is 0 Å². The topological polar surface area (TPSA) is 284 Å². The van der Waals surface area contributed by atoms with E-state index in [1.54, 1.807) is 19.0 Å². The number of hydrogen-bond acceptors (Lipinski definition) is 21. The van der Waals surface area contributed by atoms with Crippen LogP contribution in [0.1, 0.15) is 118 Å². The smallest absolute Gasteiger partial charge is 0.222 e. The fourth-order valence-corrected chi connectivity index (χ4v) is 12.6. The summed E-state index contributed by atoms with van der Waals surface area (Å²) in [7, 11) is 2.16. The third-order valence-corrected chi connectivity index (χ3v) is 18.0. The second kappa shape index (κ2) is 28.0. The Balaban J connectivity index is 0.000000127. The first-order chi connectivity index (χ1) is 45.4. The molecule has 0 bridgehead atoms. The van der Waals surface area contributed by atoms with Crippen LogP contribution in [0.3, 0.4) is 0 Å². The van der Waals surface area contributed by atoms with Crippen LogP contribution >= 0.6 is 0 Å². The predicted molar refractivity (Wildman–Crippen MR) is 364 cm³/mol. The maximum Gasteiger partial charge on any atom is 0.222 e. The monoisotopic (exact) mass is 1250 g/mol. The molecular formula is C69H81N21O3. The number of aryl methyl sites for hydroxylation is 3. The van der Waals surface area contributed by atoms with Gasteiger partial charge in [0.25, 0.3) is 0 Å². The van der Waals surface area contributed by atoms with E-state index in [9.17, 15) is 0 Å². The summed E-state index contributed by atoms with van der Waals surface area (Å²) in [5, 5.41) is 20.4. The third-order valence-electron chi connectivity index (χ3n) is 18.0. The molecule has 0 amide bonds. The molecule has 24 heteroatoms. The lowest BCUT2D eigenvalue weighted by atomic mass is 10.0. The average molecular weight is 1250 g/mol. The number of fused-ring (bicyclic) bond motifs is 6. The van der Waals surface area contributed by atoms with E-state index >= 15 is 0 Å². The highest BCUT2D eigenvalue weighted by Crippen LogP contribution is 2.37. The van der Waals surface area contributed by atoms with Crippen LogP contribution in [0.5, 0.6) is 17.6 Å². The zero-order valence-corrected chi connectivity index (χ0v) is 54.0. The first-order valence-corrected chi connectivity index (χ1v) is 32.4. The van der Waals surface area contributed by atoms with E-state index in [0.717, 1.165) is 168 Å². The third kappa shape index (κ3) is 14.0. The van der Waals surface area contributed by atoms with Crippen LogP contribution < -0.4 is 35.5 Å². The second-order valence-corrected chi connectivity index (χ2v) is 24.6. The molecule has 0 spiro atoms. The summed E-state index contributed by atoms with van der Waals surface area (Å²) < 4.78 is 19.5. The van der Waals surface area contributed by atoms with Gasteiger partial charge in [0, 0.05) is 42.3 Å². The van der Waals surface area contributed by atoms with Crippen molar-refractivity contribution < 1.29 is 14.2 Å². The van der Waals surface area contributed by atoms with Crippen molar-refractivity contribution in [1.82, 2.24) is 89.9 Å². The van der Waals surface area contributed by atoms with Crippen LogP contribution in [-0.4, -0.2) is 156 Å². The lowest BCUT2D eigenvalue weighted by molar-refractivity contribution is 0.101. The molecule has 12 aromatic rings. The number of imidazole rings is 3. The van der Waals surface area contributed by atoms with Crippen molar-refractivity contribution in [2.45, 2.75) is 123 Å². The molecule has 9 aromatic heterocycles. The highest BCUT2D eigenvalue weighted by atomic mass is 16.5. The Hall–Kier alpha value is -9.78. The summed E-state index contributed by atoms with van der Waals surface area (Å²) in [5.74, 6) is 4.30. The van der Waals surface area contributed by atoms with E-state index in [4.69, 9.17) is 29.2 Å². The number of H-pyrrole nitrogens is 3. The van der Waals surface area contributed by atoms with Crippen LogP contribution in [-0.2, 0) is 0 Å². The number of benzene rings is 3. The van der Waals surface area contributed by atoms with Gasteiger partial charge in [0.1, 0.15) is 53.8 Å². The first kappa shape index (κ1) is 62.0. The van der Waals surface area contributed by atoms with Gasteiger partial charge in [0.2, 0.25) is 17.6 Å². The summed E-state index contributed by atoms with van der Waals surface area (Å²) >= 11 is 0. The molecule has 12 heterocycles. The van der Waals surface area contributed by atoms with Crippen molar-refractivity contribution >= 4 is 83.3 Å². The molecule has 3 fully saturated rings. The van der Waals surface area contributed by atoms with E-state index in [1.807, 2.05) is 0 Å². The molecule has 15 rings (SSSR count). The number of likely N-dealkylation sites (tertiary alicyclic amines) is 2. The normalized spacial score (nSPS) is 16.4. The van der Waals surface area contributed by atoms with E-state index in [1.165, 1.54) is 35.7 Å². The van der Waals surface area contributed by atoms with Crippen LogP contribution in [0.15, 0.2) is 111 Å². The van der Waals surface area contributed by atoms with Crippen LogP contribution in [0.25, 0.3) is 65.8 Å². The van der Waals surface area contributed by atoms with Gasteiger partial charge in [-0.15, -0.1) is 0 Å². The molecule has 3 unspecified atom stereocenters. The number of nitrogens with one attached hydrogen (secondary N) is 7. The molecule has 480 valence electrons. The number of rotatable bonds is 16. The molecule has 3 aliphatic heterocycles. The van der Waals surface area contributed by atoms with Gasteiger partial charge in [0.15, 0.2) is 34.4 Å². The molecule has 93 heavy (non-hydrogen) atoms. The molecule has 3 atom stereocenters. The molecule has 0 saturated carbocycles. The Labute approximate surface area is 539 Å². The number of aromatic nitrogens is 15. The molecule has 24 nitrogen and oxygen atoms in total. The summed E-state index contributed by atoms with van der Waals surface area (Å²) in [5.41, 5.74) is 10.5. The Morgan fingerprint density at radius 1 is 0.462 bits per heavy atom. The van der Waals surface area contributed by atoms with Crippen LogP contribution in [0.2, 0.25) is 0 Å². The van der Waals surface area contributed by atoms with E-state index in [2.05, 4.69) is 219 Å². The van der Waals surface area contributed by atoms with Gasteiger partial charge in [-0.25, -0.2) is 59.8 Å². The van der Waals surface area contributed by atoms with Gasteiger partial charge >= 0.3 is 0 Å². The Kier molecular flexibility index (Phi) is 18.7. The fourth-order valence-electron chi connectivity index (χ4n) is 12.6. The summed E-state index contributed by atoms with van der Waals surface area (Å²) in [6, 6.07) is 25.1. The van der Waals surface area contributed by atoms with Gasteiger partial charge in [-0.05, 0) is 158 Å². The summed E-state index contributed by atoms with van der Waals surface area (Å²) in [4.78, 5) is 67.4. The average Bonchev–Trinajstić information content (AvgIpc) is 1.58. The predicted octanol–water partition coefficient (Wildman–Crippen LogP) is 11.6. The zero-order valence-electron chi connectivity index (χ0n) is 54.0. The minimum atomic E-state index is -0.0781. The fraction of sp³-hybridized carbons (Fsp3) is 0.391. The lowest BCUT2D eigenvalue weighted by Crippen LogP contribution is -2.38. The number of anilines is 3. The first-order valence-electron chi connectivity index (χ1n) is 32.4. The maximum absolute atomic E-state index is 6.53. The minimum absolute atomic E-state index is 0.0771. The minimum Gasteiger partial charge on any atom is -0.474 e. The largest absolute Gasteiger partial charge is 0.474 e. The highest BCUT2D eigenvalue weighted by molar-refractivity contribution is 5.93. The van der Waals surface area contributed by atoms with E-state index in [-0.39, 0.29) is 36.4 Å². The molecule has 3 saturated heterocycles. The van der Waals surface area contributed by atoms with Crippen molar-refractivity contribution in [2.24, 2.45) is 0 Å². The Bertz CT molecular complexity index is 4530. The van der Waals surface area contributed by atoms with Crippen molar-refractivity contribution in [1.29, 1.82) is 0 Å². The van der Waals surface area contributed by atoms with Gasteiger partial charge in [0.05, 0.1) is 54.2 Å². The summed E-state index contributed by atoms with van der Waals surface area (Å²) in [6.45, 7) is 22.1. The molecule has 3 aliphatic rings. The number of pyridine rings is 3. The Morgan fingerprint density at radius 2 is 0.806 bits per heavy atom. The molecule has 0 aliphatic carbocycles. The summed E-state index contributed by atoms with van der Waals surface area (Å²) in [6.07, 6.45) is 16.1.